The Bertz CT molecular complexity index is 1120. The molecular formula is C22H15BrN2O4. The van der Waals surface area contributed by atoms with Crippen molar-refractivity contribution in [2.24, 2.45) is 0 Å². The van der Waals surface area contributed by atoms with Gasteiger partial charge in [0.1, 0.15) is 5.75 Å². The van der Waals surface area contributed by atoms with Gasteiger partial charge in [0, 0.05) is 15.7 Å². The summed E-state index contributed by atoms with van der Waals surface area (Å²) in [7, 11) is 1.54. The summed E-state index contributed by atoms with van der Waals surface area (Å²) in [4.78, 5) is 39.1. The van der Waals surface area contributed by atoms with Crippen LogP contribution in [-0.4, -0.2) is 24.8 Å². The van der Waals surface area contributed by atoms with Gasteiger partial charge in [-0.15, -0.1) is 0 Å². The molecule has 0 saturated carbocycles. The topological polar surface area (TPSA) is 75.7 Å². The minimum absolute atomic E-state index is 0.249. The van der Waals surface area contributed by atoms with E-state index >= 15 is 0 Å². The summed E-state index contributed by atoms with van der Waals surface area (Å²) in [5.41, 5.74) is 1.93. The molecule has 0 aliphatic carbocycles. The predicted octanol–water partition coefficient (Wildman–Crippen LogP) is 4.51. The van der Waals surface area contributed by atoms with Crippen LogP contribution in [0.4, 0.5) is 11.4 Å². The van der Waals surface area contributed by atoms with Crippen molar-refractivity contribution in [1.29, 1.82) is 0 Å². The first-order valence-corrected chi connectivity index (χ1v) is 9.51. The molecule has 29 heavy (non-hydrogen) atoms. The van der Waals surface area contributed by atoms with Gasteiger partial charge in [0.25, 0.3) is 17.7 Å². The lowest BCUT2D eigenvalue weighted by molar-refractivity contribution is 0.0924. The first-order chi connectivity index (χ1) is 14.0. The van der Waals surface area contributed by atoms with Crippen LogP contribution < -0.4 is 15.0 Å². The number of hydrogen-bond acceptors (Lipinski definition) is 4. The van der Waals surface area contributed by atoms with E-state index < -0.39 is 11.8 Å². The molecule has 0 fully saturated rings. The number of methoxy groups -OCH3 is 1. The molecule has 0 atom stereocenters. The van der Waals surface area contributed by atoms with E-state index in [0.29, 0.717) is 28.3 Å². The van der Waals surface area contributed by atoms with Crippen molar-refractivity contribution in [3.05, 3.63) is 87.9 Å². The molecule has 3 amide bonds. The first-order valence-electron chi connectivity index (χ1n) is 8.72. The average molecular weight is 451 g/mol. The number of anilines is 2. The Hall–Kier alpha value is -3.45. The highest BCUT2D eigenvalue weighted by Crippen LogP contribution is 2.31. The van der Waals surface area contributed by atoms with Crippen LogP contribution in [0.5, 0.6) is 5.75 Å². The Labute approximate surface area is 175 Å². The number of imide groups is 1. The van der Waals surface area contributed by atoms with Crippen molar-refractivity contribution in [3.8, 4) is 5.75 Å². The highest BCUT2D eigenvalue weighted by atomic mass is 79.9. The smallest absolute Gasteiger partial charge is 0.266 e. The molecular weight excluding hydrogens is 436 g/mol. The molecule has 6 nitrogen and oxygen atoms in total. The molecule has 0 radical (unpaired) electrons. The lowest BCUT2D eigenvalue weighted by atomic mass is 10.1. The molecule has 7 heteroatoms. The summed E-state index contributed by atoms with van der Waals surface area (Å²) >= 11 is 3.33. The van der Waals surface area contributed by atoms with Gasteiger partial charge in [-0.2, -0.15) is 0 Å². The summed E-state index contributed by atoms with van der Waals surface area (Å²) in [6.07, 6.45) is 0. The zero-order chi connectivity index (χ0) is 20.5. The third kappa shape index (κ3) is 3.52. The summed E-state index contributed by atoms with van der Waals surface area (Å²) in [5, 5.41) is 2.76. The number of nitrogens with one attached hydrogen (secondary N) is 1. The van der Waals surface area contributed by atoms with Crippen LogP contribution in [0.15, 0.2) is 71.2 Å². The molecule has 0 saturated heterocycles. The molecule has 1 N–H and O–H groups in total. The lowest BCUT2D eigenvalue weighted by Gasteiger charge is -2.14. The Morgan fingerprint density at radius 2 is 1.55 bits per heavy atom. The van der Waals surface area contributed by atoms with E-state index in [1.165, 1.54) is 6.07 Å². The van der Waals surface area contributed by atoms with Crippen molar-refractivity contribution in [1.82, 2.24) is 0 Å². The quantitative estimate of drug-likeness (QED) is 0.593. The molecule has 0 aromatic heterocycles. The van der Waals surface area contributed by atoms with Crippen LogP contribution >= 0.6 is 15.9 Å². The highest BCUT2D eigenvalue weighted by Gasteiger charge is 2.36. The number of amides is 3. The third-order valence-electron chi connectivity index (χ3n) is 4.58. The largest absolute Gasteiger partial charge is 0.497 e. The zero-order valence-electron chi connectivity index (χ0n) is 15.3. The Balaban J connectivity index is 1.59. The minimum atomic E-state index is -0.435. The summed E-state index contributed by atoms with van der Waals surface area (Å²) in [6.45, 7) is 0. The van der Waals surface area contributed by atoms with Gasteiger partial charge in [-0.1, -0.05) is 15.9 Å². The third-order valence-corrected chi connectivity index (χ3v) is 5.11. The number of nitrogens with zero attached hydrogens (tertiary/aromatic N) is 1. The van der Waals surface area contributed by atoms with Gasteiger partial charge in [0.15, 0.2) is 0 Å². The summed E-state index contributed by atoms with van der Waals surface area (Å²) < 4.78 is 5.98. The van der Waals surface area contributed by atoms with Crippen LogP contribution in [-0.2, 0) is 0 Å². The second-order valence-electron chi connectivity index (χ2n) is 6.37. The van der Waals surface area contributed by atoms with E-state index in [9.17, 15) is 14.4 Å². The van der Waals surface area contributed by atoms with E-state index in [0.717, 1.165) is 9.37 Å². The van der Waals surface area contributed by atoms with Crippen molar-refractivity contribution >= 4 is 45.0 Å². The zero-order valence-corrected chi connectivity index (χ0v) is 16.9. The van der Waals surface area contributed by atoms with Gasteiger partial charge in [0.05, 0.1) is 23.9 Å². The number of halogens is 1. The minimum Gasteiger partial charge on any atom is -0.497 e. The van der Waals surface area contributed by atoms with Gasteiger partial charge in [-0.05, 0) is 66.7 Å². The molecule has 0 unspecified atom stereocenters. The van der Waals surface area contributed by atoms with E-state index in [4.69, 9.17) is 4.74 Å². The van der Waals surface area contributed by atoms with E-state index in [1.54, 1.807) is 67.8 Å². The van der Waals surface area contributed by atoms with Crippen LogP contribution in [0.2, 0.25) is 0 Å². The van der Waals surface area contributed by atoms with E-state index in [1.807, 2.05) is 0 Å². The van der Waals surface area contributed by atoms with Crippen LogP contribution in [0.1, 0.15) is 31.1 Å². The summed E-state index contributed by atoms with van der Waals surface area (Å²) in [5.74, 6) is -0.514. The number of ether oxygens (including phenoxy) is 1. The maximum atomic E-state index is 12.9. The second kappa shape index (κ2) is 7.52. The van der Waals surface area contributed by atoms with Crippen molar-refractivity contribution in [2.45, 2.75) is 0 Å². The molecule has 3 aromatic carbocycles. The molecule has 4 rings (SSSR count). The molecule has 144 valence electrons. The van der Waals surface area contributed by atoms with E-state index in [-0.39, 0.29) is 11.5 Å². The standard InChI is InChI=1S/C22H15BrN2O4/c1-29-17-9-7-16(8-10-17)25-21(27)18-11-6-15(12-19(18)22(25)28)24-20(26)13-2-4-14(23)5-3-13/h2-12H,1H3,(H,24,26). The monoisotopic (exact) mass is 450 g/mol. The number of fused-ring (bicyclic) bond motifs is 1. The fourth-order valence-electron chi connectivity index (χ4n) is 3.09. The maximum Gasteiger partial charge on any atom is 0.266 e. The fraction of sp³-hybridized carbons (Fsp3) is 0.0455. The predicted molar refractivity (Wildman–Crippen MR) is 113 cm³/mol. The Morgan fingerprint density at radius 3 is 2.21 bits per heavy atom. The van der Waals surface area contributed by atoms with Crippen molar-refractivity contribution in [2.75, 3.05) is 17.3 Å². The SMILES string of the molecule is COc1ccc(N2C(=O)c3ccc(NC(=O)c4ccc(Br)cc4)cc3C2=O)cc1. The molecule has 0 bridgehead atoms. The molecule has 0 spiro atoms. The lowest BCUT2D eigenvalue weighted by Crippen LogP contribution is -2.29. The molecule has 1 aliphatic heterocycles. The van der Waals surface area contributed by atoms with Crippen molar-refractivity contribution in [3.63, 3.8) is 0 Å². The number of carbonyl (C=O) groups excluding carboxylic acids is 3. The van der Waals surface area contributed by atoms with Gasteiger partial charge >= 0.3 is 0 Å². The van der Waals surface area contributed by atoms with Crippen LogP contribution in [0, 0.1) is 0 Å². The van der Waals surface area contributed by atoms with Gasteiger partial charge in [-0.3, -0.25) is 14.4 Å². The van der Waals surface area contributed by atoms with Gasteiger partial charge in [-0.25, -0.2) is 4.90 Å². The summed E-state index contributed by atoms with van der Waals surface area (Å²) in [6, 6.07) is 18.3. The fourth-order valence-corrected chi connectivity index (χ4v) is 3.35. The molecule has 1 heterocycles. The van der Waals surface area contributed by atoms with Gasteiger partial charge < -0.3 is 10.1 Å². The van der Waals surface area contributed by atoms with Crippen LogP contribution in [0.3, 0.4) is 0 Å². The molecule has 3 aromatic rings. The number of hydrogen-bond donors (Lipinski definition) is 1. The number of rotatable bonds is 4. The Morgan fingerprint density at radius 1 is 0.897 bits per heavy atom. The van der Waals surface area contributed by atoms with Gasteiger partial charge in [0.2, 0.25) is 0 Å². The average Bonchev–Trinajstić information content (AvgIpc) is 2.98. The second-order valence-corrected chi connectivity index (χ2v) is 7.28. The Kier molecular flexibility index (Phi) is 4.90. The maximum absolute atomic E-state index is 12.9. The first kappa shape index (κ1) is 18.9. The number of benzene rings is 3. The molecule has 1 aliphatic rings. The van der Waals surface area contributed by atoms with Crippen molar-refractivity contribution < 1.29 is 19.1 Å². The number of carbonyl (C=O) groups is 3. The normalized spacial score (nSPS) is 12.7. The van der Waals surface area contributed by atoms with E-state index in [2.05, 4.69) is 21.2 Å². The highest BCUT2D eigenvalue weighted by molar-refractivity contribution is 9.10. The van der Waals surface area contributed by atoms with Crippen LogP contribution in [0.25, 0.3) is 0 Å².